The SMILES string of the molecule is CC(C)(C)ONS(=O)(=O)c1cccc(Cl)c1. The molecule has 4 nitrogen and oxygen atoms in total. The third-order valence-corrected chi connectivity index (χ3v) is 2.98. The number of hydrogen-bond acceptors (Lipinski definition) is 3. The van der Waals surface area contributed by atoms with E-state index in [0.717, 1.165) is 0 Å². The van der Waals surface area contributed by atoms with Crippen LogP contribution in [0.2, 0.25) is 5.02 Å². The van der Waals surface area contributed by atoms with Crippen molar-refractivity contribution in [2.75, 3.05) is 0 Å². The number of rotatable bonds is 3. The van der Waals surface area contributed by atoms with E-state index in [-0.39, 0.29) is 4.90 Å². The van der Waals surface area contributed by atoms with Crippen LogP contribution in [0, 0.1) is 0 Å². The smallest absolute Gasteiger partial charge is 0.262 e. The zero-order valence-corrected chi connectivity index (χ0v) is 10.9. The van der Waals surface area contributed by atoms with Gasteiger partial charge in [0.05, 0.1) is 10.5 Å². The lowest BCUT2D eigenvalue weighted by molar-refractivity contribution is -0.0357. The fourth-order valence-electron chi connectivity index (χ4n) is 0.862. The Morgan fingerprint density at radius 1 is 1.31 bits per heavy atom. The van der Waals surface area contributed by atoms with Crippen molar-refractivity contribution in [1.82, 2.24) is 4.89 Å². The number of benzene rings is 1. The highest BCUT2D eigenvalue weighted by Gasteiger charge is 2.19. The summed E-state index contributed by atoms with van der Waals surface area (Å²) < 4.78 is 23.5. The molecule has 0 aliphatic rings. The second-order valence-electron chi connectivity index (χ2n) is 4.26. The average Bonchev–Trinajstić information content (AvgIpc) is 2.14. The first kappa shape index (κ1) is 13.4. The van der Waals surface area contributed by atoms with Gasteiger partial charge in [0.2, 0.25) is 0 Å². The highest BCUT2D eigenvalue weighted by Crippen LogP contribution is 2.16. The minimum atomic E-state index is -3.67. The van der Waals surface area contributed by atoms with Gasteiger partial charge in [-0.25, -0.2) is 8.42 Å². The summed E-state index contributed by atoms with van der Waals surface area (Å²) in [6.07, 6.45) is 0. The van der Waals surface area contributed by atoms with Crippen molar-refractivity contribution in [2.45, 2.75) is 31.3 Å². The molecule has 0 radical (unpaired) electrons. The zero-order chi connectivity index (χ0) is 12.4. The second kappa shape index (κ2) is 4.71. The molecule has 0 saturated carbocycles. The lowest BCUT2D eigenvalue weighted by atomic mass is 10.2. The zero-order valence-electron chi connectivity index (χ0n) is 9.32. The Bertz CT molecular complexity index is 465. The first-order valence-electron chi connectivity index (χ1n) is 4.66. The molecule has 0 aromatic heterocycles. The van der Waals surface area contributed by atoms with Gasteiger partial charge in [-0.05, 0) is 39.0 Å². The standard InChI is InChI=1S/C10H14ClNO3S/c1-10(2,3)15-12-16(13,14)9-6-4-5-8(11)7-9/h4-7,12H,1-3H3. The molecule has 1 aromatic rings. The van der Waals surface area contributed by atoms with Crippen LogP contribution >= 0.6 is 11.6 Å². The van der Waals surface area contributed by atoms with Crippen LogP contribution in [0.4, 0.5) is 0 Å². The van der Waals surface area contributed by atoms with Crippen LogP contribution in [0.5, 0.6) is 0 Å². The van der Waals surface area contributed by atoms with Gasteiger partial charge in [0.1, 0.15) is 0 Å². The largest absolute Gasteiger partial charge is 0.281 e. The fraction of sp³-hybridized carbons (Fsp3) is 0.400. The normalized spacial score (nSPS) is 12.8. The Labute approximate surface area is 101 Å². The molecular weight excluding hydrogens is 250 g/mol. The van der Waals surface area contributed by atoms with Crippen molar-refractivity contribution in [3.63, 3.8) is 0 Å². The van der Waals surface area contributed by atoms with E-state index >= 15 is 0 Å². The summed E-state index contributed by atoms with van der Waals surface area (Å²) in [6.45, 7) is 5.23. The van der Waals surface area contributed by atoms with Gasteiger partial charge in [-0.1, -0.05) is 22.6 Å². The highest BCUT2D eigenvalue weighted by atomic mass is 35.5. The average molecular weight is 264 g/mol. The highest BCUT2D eigenvalue weighted by molar-refractivity contribution is 7.89. The summed E-state index contributed by atoms with van der Waals surface area (Å²) in [5, 5.41) is 0.360. The maximum atomic E-state index is 11.7. The van der Waals surface area contributed by atoms with Gasteiger partial charge < -0.3 is 0 Å². The lowest BCUT2D eigenvalue weighted by Crippen LogP contribution is -2.33. The third-order valence-electron chi connectivity index (χ3n) is 1.56. The van der Waals surface area contributed by atoms with Crippen LogP contribution < -0.4 is 4.89 Å². The van der Waals surface area contributed by atoms with Gasteiger partial charge in [-0.15, -0.1) is 0 Å². The lowest BCUT2D eigenvalue weighted by Gasteiger charge is -2.19. The molecule has 0 bridgehead atoms. The van der Waals surface area contributed by atoms with Crippen molar-refractivity contribution in [1.29, 1.82) is 0 Å². The van der Waals surface area contributed by atoms with Crippen LogP contribution in [0.25, 0.3) is 0 Å². The summed E-state index contributed by atoms with van der Waals surface area (Å²) in [6, 6.07) is 5.97. The molecule has 0 atom stereocenters. The maximum absolute atomic E-state index is 11.7. The van der Waals surface area contributed by atoms with Crippen LogP contribution in [-0.2, 0) is 14.9 Å². The van der Waals surface area contributed by atoms with Crippen LogP contribution in [0.15, 0.2) is 29.2 Å². The van der Waals surface area contributed by atoms with E-state index in [9.17, 15) is 8.42 Å². The van der Waals surface area contributed by atoms with Crippen molar-refractivity contribution < 1.29 is 13.3 Å². The van der Waals surface area contributed by atoms with Crippen LogP contribution in [0.1, 0.15) is 20.8 Å². The Kier molecular flexibility index (Phi) is 3.96. The summed E-state index contributed by atoms with van der Waals surface area (Å²) in [7, 11) is -3.67. The molecule has 16 heavy (non-hydrogen) atoms. The predicted octanol–water partition coefficient (Wildman–Crippen LogP) is 2.35. The summed E-state index contributed by atoms with van der Waals surface area (Å²) in [5.74, 6) is 0. The molecule has 0 aliphatic carbocycles. The van der Waals surface area contributed by atoms with Crippen molar-refractivity contribution >= 4 is 21.6 Å². The molecular formula is C10H14ClNO3S. The predicted molar refractivity (Wildman–Crippen MR) is 62.6 cm³/mol. The van der Waals surface area contributed by atoms with E-state index in [1.165, 1.54) is 12.1 Å². The van der Waals surface area contributed by atoms with Gasteiger partial charge in [0, 0.05) is 5.02 Å². The van der Waals surface area contributed by atoms with E-state index in [1.807, 2.05) is 0 Å². The maximum Gasteiger partial charge on any atom is 0.262 e. The second-order valence-corrected chi connectivity index (χ2v) is 6.34. The molecule has 0 spiro atoms. The molecule has 0 saturated heterocycles. The minimum Gasteiger partial charge on any atom is -0.281 e. The molecule has 1 aromatic carbocycles. The number of hydrogen-bond donors (Lipinski definition) is 1. The molecule has 0 amide bonds. The first-order chi connectivity index (χ1) is 7.21. The van der Waals surface area contributed by atoms with Gasteiger partial charge in [0.15, 0.2) is 0 Å². The van der Waals surface area contributed by atoms with Gasteiger partial charge in [-0.3, -0.25) is 4.84 Å². The number of halogens is 1. The molecule has 6 heteroatoms. The Morgan fingerprint density at radius 2 is 1.94 bits per heavy atom. The van der Waals surface area contributed by atoms with E-state index < -0.39 is 15.6 Å². The topological polar surface area (TPSA) is 55.4 Å². The van der Waals surface area contributed by atoms with E-state index in [2.05, 4.69) is 4.89 Å². The van der Waals surface area contributed by atoms with Gasteiger partial charge >= 0.3 is 0 Å². The number of nitrogens with one attached hydrogen (secondary N) is 1. The van der Waals surface area contributed by atoms with E-state index in [0.29, 0.717) is 5.02 Å². The Hall–Kier alpha value is -0.620. The quantitative estimate of drug-likeness (QED) is 0.852. The fourth-order valence-corrected chi connectivity index (χ4v) is 2.11. The van der Waals surface area contributed by atoms with Gasteiger partial charge in [-0.2, -0.15) is 0 Å². The minimum absolute atomic E-state index is 0.0734. The summed E-state index contributed by atoms with van der Waals surface area (Å²) >= 11 is 5.71. The molecule has 0 unspecified atom stereocenters. The first-order valence-corrected chi connectivity index (χ1v) is 6.52. The third kappa shape index (κ3) is 4.09. The van der Waals surface area contributed by atoms with Crippen LogP contribution in [0.3, 0.4) is 0 Å². The molecule has 0 aliphatic heterocycles. The van der Waals surface area contributed by atoms with Gasteiger partial charge in [0.25, 0.3) is 10.0 Å². The molecule has 1 N–H and O–H groups in total. The van der Waals surface area contributed by atoms with Crippen molar-refractivity contribution in [3.05, 3.63) is 29.3 Å². The summed E-state index contributed by atoms with van der Waals surface area (Å²) in [5.41, 5.74) is -0.592. The molecule has 0 fully saturated rings. The monoisotopic (exact) mass is 263 g/mol. The van der Waals surface area contributed by atoms with Crippen molar-refractivity contribution in [2.24, 2.45) is 0 Å². The Morgan fingerprint density at radius 3 is 2.44 bits per heavy atom. The molecule has 0 heterocycles. The van der Waals surface area contributed by atoms with Crippen LogP contribution in [-0.4, -0.2) is 14.0 Å². The Balaban J connectivity index is 2.87. The molecule has 90 valence electrons. The van der Waals surface area contributed by atoms with E-state index in [1.54, 1.807) is 32.9 Å². The van der Waals surface area contributed by atoms with Crippen molar-refractivity contribution in [3.8, 4) is 0 Å². The van der Waals surface area contributed by atoms with E-state index in [4.69, 9.17) is 16.4 Å². The summed E-state index contributed by atoms with van der Waals surface area (Å²) in [4.78, 5) is 7.14. The molecule has 1 rings (SSSR count). The number of sulfonamides is 1.